The molecule has 0 bridgehead atoms. The SMILES string of the molecule is CC(C)[C@H]1CC[C@H](C)CC1OC(=O)C(=O)C(O)C(=O)O[C@H]1C[C@@H](C)CC[C@@H]1C(C)C. The molecular formula is C24H40O6. The summed E-state index contributed by atoms with van der Waals surface area (Å²) in [4.78, 5) is 37.3. The third kappa shape index (κ3) is 6.29. The Kier molecular flexibility index (Phi) is 8.89. The maximum Gasteiger partial charge on any atom is 0.378 e. The molecule has 2 unspecified atom stereocenters. The van der Waals surface area contributed by atoms with E-state index >= 15 is 0 Å². The third-order valence-corrected chi connectivity index (χ3v) is 7.12. The second-order valence-corrected chi connectivity index (χ2v) is 10.3. The van der Waals surface area contributed by atoms with Crippen molar-refractivity contribution in [2.75, 3.05) is 0 Å². The Labute approximate surface area is 181 Å². The lowest BCUT2D eigenvalue weighted by Gasteiger charge is -2.37. The third-order valence-electron chi connectivity index (χ3n) is 7.12. The Hall–Kier alpha value is -1.43. The summed E-state index contributed by atoms with van der Waals surface area (Å²) < 4.78 is 11.0. The van der Waals surface area contributed by atoms with Crippen LogP contribution < -0.4 is 0 Å². The molecule has 6 nitrogen and oxygen atoms in total. The minimum atomic E-state index is -2.12. The van der Waals surface area contributed by atoms with Crippen LogP contribution in [-0.2, 0) is 23.9 Å². The van der Waals surface area contributed by atoms with Gasteiger partial charge in [0.2, 0.25) is 6.10 Å². The summed E-state index contributed by atoms with van der Waals surface area (Å²) in [5.74, 6) is -1.57. The maximum absolute atomic E-state index is 12.4. The van der Waals surface area contributed by atoms with Gasteiger partial charge in [-0.2, -0.15) is 0 Å². The van der Waals surface area contributed by atoms with E-state index in [1.165, 1.54) is 0 Å². The van der Waals surface area contributed by atoms with E-state index in [4.69, 9.17) is 9.47 Å². The van der Waals surface area contributed by atoms with Crippen LogP contribution in [0, 0.1) is 35.5 Å². The molecule has 0 amide bonds. The van der Waals surface area contributed by atoms with E-state index in [0.717, 1.165) is 25.7 Å². The number of aliphatic hydroxyl groups excluding tert-OH is 1. The van der Waals surface area contributed by atoms with E-state index in [1.54, 1.807) is 0 Å². The van der Waals surface area contributed by atoms with Gasteiger partial charge in [-0.05, 0) is 61.2 Å². The average Bonchev–Trinajstić information content (AvgIpc) is 2.66. The van der Waals surface area contributed by atoms with Gasteiger partial charge in [-0.1, -0.05) is 54.4 Å². The first-order valence-corrected chi connectivity index (χ1v) is 11.6. The van der Waals surface area contributed by atoms with E-state index in [9.17, 15) is 19.5 Å². The molecule has 6 heteroatoms. The Balaban J connectivity index is 1.97. The number of esters is 2. The number of Topliss-reactive ketones (excluding diaryl/α,β-unsaturated/α-hetero) is 1. The molecular weight excluding hydrogens is 384 g/mol. The molecule has 172 valence electrons. The molecule has 0 saturated heterocycles. The summed E-state index contributed by atoms with van der Waals surface area (Å²) in [6, 6.07) is 0. The lowest BCUT2D eigenvalue weighted by Crippen LogP contribution is -2.44. The number of ether oxygens (including phenoxy) is 2. The van der Waals surface area contributed by atoms with E-state index in [2.05, 4.69) is 41.5 Å². The number of hydrogen-bond acceptors (Lipinski definition) is 6. The molecule has 0 aromatic rings. The van der Waals surface area contributed by atoms with Crippen molar-refractivity contribution in [3.05, 3.63) is 0 Å². The number of ketones is 1. The summed E-state index contributed by atoms with van der Waals surface area (Å²) in [6.45, 7) is 12.5. The van der Waals surface area contributed by atoms with Gasteiger partial charge < -0.3 is 14.6 Å². The number of rotatable bonds is 7. The van der Waals surface area contributed by atoms with Crippen LogP contribution in [0.4, 0.5) is 0 Å². The number of carbonyl (C=O) groups excluding carboxylic acids is 3. The zero-order valence-corrected chi connectivity index (χ0v) is 19.4. The van der Waals surface area contributed by atoms with Crippen LogP contribution >= 0.6 is 0 Å². The summed E-state index contributed by atoms with van der Waals surface area (Å²) in [6.07, 6.45) is 2.58. The van der Waals surface area contributed by atoms with E-state index < -0.39 is 23.8 Å². The highest BCUT2D eigenvalue weighted by atomic mass is 16.6. The van der Waals surface area contributed by atoms with Crippen molar-refractivity contribution in [3.63, 3.8) is 0 Å². The summed E-state index contributed by atoms with van der Waals surface area (Å²) in [7, 11) is 0. The standard InChI is InChI=1S/C24H40O6/c1-13(2)17-9-7-15(5)11-19(17)29-23(27)21(25)22(26)24(28)30-20-12-16(6)8-10-18(20)14(3)4/h13-21,25H,7-12H2,1-6H3/t15-,16-,17+,18+,19-,20?,21?/m0/s1. The van der Waals surface area contributed by atoms with Gasteiger partial charge in [0.1, 0.15) is 12.2 Å². The van der Waals surface area contributed by atoms with E-state index in [0.29, 0.717) is 36.5 Å². The van der Waals surface area contributed by atoms with Gasteiger partial charge in [-0.25, -0.2) is 9.59 Å². The normalized spacial score (nSPS) is 33.2. The first-order valence-electron chi connectivity index (χ1n) is 11.6. The quantitative estimate of drug-likeness (QED) is 0.378. The number of hydrogen-bond donors (Lipinski definition) is 1. The van der Waals surface area contributed by atoms with Crippen molar-refractivity contribution in [3.8, 4) is 0 Å². The molecule has 2 aliphatic rings. The van der Waals surface area contributed by atoms with Gasteiger partial charge in [-0.15, -0.1) is 0 Å². The summed E-state index contributed by atoms with van der Waals surface area (Å²) in [5, 5.41) is 10.2. The molecule has 2 rings (SSSR count). The second-order valence-electron chi connectivity index (χ2n) is 10.3. The smallest absolute Gasteiger partial charge is 0.378 e. The minimum absolute atomic E-state index is 0.178. The molecule has 0 heterocycles. The molecule has 0 aromatic carbocycles. The Morgan fingerprint density at radius 3 is 1.63 bits per heavy atom. The lowest BCUT2D eigenvalue weighted by molar-refractivity contribution is -0.176. The first kappa shape index (κ1) is 24.8. The molecule has 0 spiro atoms. The number of carbonyl (C=O) groups is 3. The van der Waals surface area contributed by atoms with Crippen molar-refractivity contribution < 1.29 is 29.0 Å². The molecule has 2 fully saturated rings. The zero-order valence-electron chi connectivity index (χ0n) is 19.4. The average molecular weight is 425 g/mol. The molecule has 0 aromatic heterocycles. The molecule has 0 aliphatic heterocycles. The molecule has 1 N–H and O–H groups in total. The van der Waals surface area contributed by atoms with Crippen LogP contribution in [0.15, 0.2) is 0 Å². The van der Waals surface area contributed by atoms with Crippen LogP contribution in [0.5, 0.6) is 0 Å². The Morgan fingerprint density at radius 2 is 1.20 bits per heavy atom. The molecule has 0 radical (unpaired) electrons. The van der Waals surface area contributed by atoms with Gasteiger partial charge in [0.25, 0.3) is 5.78 Å². The maximum atomic E-state index is 12.4. The predicted octanol–water partition coefficient (Wildman–Crippen LogP) is 3.92. The van der Waals surface area contributed by atoms with Crippen LogP contribution in [0.25, 0.3) is 0 Å². The van der Waals surface area contributed by atoms with Crippen LogP contribution in [0.3, 0.4) is 0 Å². The van der Waals surface area contributed by atoms with Gasteiger partial charge in [0, 0.05) is 0 Å². The lowest BCUT2D eigenvalue weighted by atomic mass is 9.75. The highest BCUT2D eigenvalue weighted by Gasteiger charge is 2.40. The minimum Gasteiger partial charge on any atom is -0.460 e. The van der Waals surface area contributed by atoms with Gasteiger partial charge in [0.05, 0.1) is 0 Å². The van der Waals surface area contributed by atoms with Crippen LogP contribution in [0.1, 0.15) is 80.1 Å². The topological polar surface area (TPSA) is 89.9 Å². The molecule has 30 heavy (non-hydrogen) atoms. The molecule has 2 saturated carbocycles. The van der Waals surface area contributed by atoms with Crippen molar-refractivity contribution in [1.29, 1.82) is 0 Å². The fourth-order valence-electron chi connectivity index (χ4n) is 5.13. The van der Waals surface area contributed by atoms with E-state index in [1.807, 2.05) is 0 Å². The monoisotopic (exact) mass is 424 g/mol. The predicted molar refractivity (Wildman–Crippen MR) is 113 cm³/mol. The van der Waals surface area contributed by atoms with Crippen LogP contribution in [-0.4, -0.2) is 41.1 Å². The van der Waals surface area contributed by atoms with Crippen molar-refractivity contribution in [2.24, 2.45) is 35.5 Å². The fraction of sp³-hybridized carbons (Fsp3) is 0.875. The zero-order chi connectivity index (χ0) is 22.6. The van der Waals surface area contributed by atoms with Crippen molar-refractivity contribution in [1.82, 2.24) is 0 Å². The van der Waals surface area contributed by atoms with Gasteiger partial charge >= 0.3 is 11.9 Å². The highest BCUT2D eigenvalue weighted by molar-refractivity contribution is 6.39. The highest BCUT2D eigenvalue weighted by Crippen LogP contribution is 2.36. The second kappa shape index (κ2) is 10.7. The summed E-state index contributed by atoms with van der Waals surface area (Å²) in [5.41, 5.74) is 0. The largest absolute Gasteiger partial charge is 0.460 e. The number of aliphatic hydroxyl groups is 1. The Morgan fingerprint density at radius 1 is 0.767 bits per heavy atom. The Bertz CT molecular complexity index is 613. The molecule has 7 atom stereocenters. The van der Waals surface area contributed by atoms with Crippen molar-refractivity contribution >= 4 is 17.7 Å². The molecule has 2 aliphatic carbocycles. The van der Waals surface area contributed by atoms with Gasteiger partial charge in [-0.3, -0.25) is 4.79 Å². The van der Waals surface area contributed by atoms with Crippen LogP contribution in [0.2, 0.25) is 0 Å². The first-order chi connectivity index (χ1) is 14.0. The summed E-state index contributed by atoms with van der Waals surface area (Å²) >= 11 is 0. The van der Waals surface area contributed by atoms with Gasteiger partial charge in [0.15, 0.2) is 0 Å². The van der Waals surface area contributed by atoms with E-state index in [-0.39, 0.29) is 24.0 Å². The fourth-order valence-corrected chi connectivity index (χ4v) is 5.13. The van der Waals surface area contributed by atoms with Crippen molar-refractivity contribution in [2.45, 2.75) is 98.4 Å².